The van der Waals surface area contributed by atoms with E-state index in [-0.39, 0.29) is 17.0 Å². The van der Waals surface area contributed by atoms with E-state index in [1.165, 1.54) is 12.1 Å². The van der Waals surface area contributed by atoms with Crippen LogP contribution in [0.3, 0.4) is 0 Å². The molecule has 1 amide bonds. The molecule has 1 heterocycles. The summed E-state index contributed by atoms with van der Waals surface area (Å²) in [6.07, 6.45) is 2.03. The highest BCUT2D eigenvalue weighted by molar-refractivity contribution is 7.17. The van der Waals surface area contributed by atoms with Gasteiger partial charge < -0.3 is 5.32 Å². The summed E-state index contributed by atoms with van der Waals surface area (Å²) in [5.74, 6) is -0.203. The molecule has 0 unspecified atom stereocenters. The van der Waals surface area contributed by atoms with Crippen LogP contribution in [-0.4, -0.2) is 16.9 Å². The molecule has 14 heavy (non-hydrogen) atoms. The predicted molar refractivity (Wildman–Crippen MR) is 51.5 cm³/mol. The average Bonchev–Trinajstić information content (AvgIpc) is 2.81. The van der Waals surface area contributed by atoms with Crippen LogP contribution in [0.2, 0.25) is 0 Å². The Balaban J connectivity index is 2.07. The van der Waals surface area contributed by atoms with Crippen LogP contribution in [0.1, 0.15) is 22.5 Å². The topological polar surface area (TPSA) is 72.2 Å². The van der Waals surface area contributed by atoms with Crippen molar-refractivity contribution in [1.82, 2.24) is 5.32 Å². The van der Waals surface area contributed by atoms with Gasteiger partial charge in [-0.25, -0.2) is 0 Å². The lowest BCUT2D eigenvalue weighted by atomic mass is 10.4. The fraction of sp³-hybridized carbons (Fsp3) is 0.375. The molecule has 0 radical (unpaired) electrons. The van der Waals surface area contributed by atoms with Crippen molar-refractivity contribution in [2.75, 3.05) is 0 Å². The van der Waals surface area contributed by atoms with Crippen LogP contribution in [0.5, 0.6) is 0 Å². The molecule has 74 valence electrons. The molecule has 1 aromatic rings. The van der Waals surface area contributed by atoms with Gasteiger partial charge in [-0.3, -0.25) is 14.9 Å². The Morgan fingerprint density at radius 2 is 2.29 bits per heavy atom. The summed E-state index contributed by atoms with van der Waals surface area (Å²) in [7, 11) is 0. The molecular formula is C8H8N2O3S. The summed E-state index contributed by atoms with van der Waals surface area (Å²) in [5, 5.41) is 13.1. The smallest absolute Gasteiger partial charge is 0.324 e. The van der Waals surface area contributed by atoms with Gasteiger partial charge in [-0.2, -0.15) is 0 Å². The van der Waals surface area contributed by atoms with Crippen LogP contribution in [-0.2, 0) is 0 Å². The number of nitro groups is 1. The first kappa shape index (κ1) is 9.14. The van der Waals surface area contributed by atoms with E-state index >= 15 is 0 Å². The molecule has 5 nitrogen and oxygen atoms in total. The third-order valence-corrected chi connectivity index (χ3v) is 2.94. The van der Waals surface area contributed by atoms with E-state index < -0.39 is 4.92 Å². The van der Waals surface area contributed by atoms with Gasteiger partial charge in [-0.15, -0.1) is 0 Å². The number of thiophene rings is 1. The Hall–Kier alpha value is -1.43. The quantitative estimate of drug-likeness (QED) is 0.610. The third kappa shape index (κ3) is 1.90. The second-order valence-corrected chi connectivity index (χ2v) is 4.20. The third-order valence-electron chi connectivity index (χ3n) is 1.91. The van der Waals surface area contributed by atoms with Crippen LogP contribution in [0.15, 0.2) is 12.1 Å². The van der Waals surface area contributed by atoms with Gasteiger partial charge in [0.1, 0.15) is 0 Å². The molecule has 1 aromatic heterocycles. The Bertz CT molecular complexity index is 384. The molecule has 1 saturated carbocycles. The molecule has 1 fully saturated rings. The first-order valence-electron chi connectivity index (χ1n) is 4.22. The number of amides is 1. The number of rotatable bonds is 3. The minimum absolute atomic E-state index is 0.00551. The molecule has 1 aliphatic rings. The minimum atomic E-state index is -0.488. The molecular weight excluding hydrogens is 204 g/mol. The standard InChI is InChI=1S/C8H8N2O3S/c11-8(9-5-1-2-5)6-3-4-7(14-6)10(12)13/h3-5H,1-2H2,(H,9,11). The van der Waals surface area contributed by atoms with Gasteiger partial charge in [0.2, 0.25) is 0 Å². The molecule has 0 atom stereocenters. The first-order chi connectivity index (χ1) is 6.66. The van der Waals surface area contributed by atoms with E-state index in [4.69, 9.17) is 0 Å². The van der Waals surface area contributed by atoms with Gasteiger partial charge in [0.15, 0.2) is 0 Å². The molecule has 0 aromatic carbocycles. The zero-order valence-electron chi connectivity index (χ0n) is 7.23. The number of hydrogen-bond donors (Lipinski definition) is 1. The number of hydrogen-bond acceptors (Lipinski definition) is 4. The summed E-state index contributed by atoms with van der Waals surface area (Å²) in [4.78, 5) is 21.7. The largest absolute Gasteiger partial charge is 0.349 e. The molecule has 0 aliphatic heterocycles. The van der Waals surface area contributed by atoms with Crippen molar-refractivity contribution in [3.05, 3.63) is 27.1 Å². The van der Waals surface area contributed by atoms with E-state index in [0.29, 0.717) is 4.88 Å². The normalized spacial score (nSPS) is 15.1. The van der Waals surface area contributed by atoms with Crippen LogP contribution in [0, 0.1) is 10.1 Å². The van der Waals surface area contributed by atoms with E-state index in [2.05, 4.69) is 5.32 Å². The monoisotopic (exact) mass is 212 g/mol. The summed E-state index contributed by atoms with van der Waals surface area (Å²) < 4.78 is 0. The van der Waals surface area contributed by atoms with Crippen molar-refractivity contribution in [1.29, 1.82) is 0 Å². The number of nitrogens with zero attached hydrogens (tertiary/aromatic N) is 1. The van der Waals surface area contributed by atoms with Crippen molar-refractivity contribution < 1.29 is 9.72 Å². The number of nitrogens with one attached hydrogen (secondary N) is 1. The van der Waals surface area contributed by atoms with Gasteiger partial charge in [-0.1, -0.05) is 11.3 Å². The summed E-state index contributed by atoms with van der Waals surface area (Å²) in [6.45, 7) is 0. The molecule has 2 rings (SSSR count). The fourth-order valence-corrected chi connectivity index (χ4v) is 1.76. The van der Waals surface area contributed by atoms with Gasteiger partial charge in [0.05, 0.1) is 9.80 Å². The van der Waals surface area contributed by atoms with Crippen LogP contribution in [0.25, 0.3) is 0 Å². The molecule has 6 heteroatoms. The van der Waals surface area contributed by atoms with E-state index in [0.717, 1.165) is 24.2 Å². The van der Waals surface area contributed by atoms with Crippen LogP contribution < -0.4 is 5.32 Å². The zero-order valence-corrected chi connectivity index (χ0v) is 8.04. The Labute approximate surface area is 83.9 Å². The molecule has 0 saturated heterocycles. The number of carbonyl (C=O) groups excluding carboxylic acids is 1. The molecule has 0 spiro atoms. The van der Waals surface area contributed by atoms with Crippen LogP contribution >= 0.6 is 11.3 Å². The molecule has 1 N–H and O–H groups in total. The maximum atomic E-state index is 11.4. The maximum Gasteiger partial charge on any atom is 0.324 e. The van der Waals surface area contributed by atoms with Crippen molar-refractivity contribution in [3.8, 4) is 0 Å². The average molecular weight is 212 g/mol. The van der Waals surface area contributed by atoms with E-state index in [1.54, 1.807) is 0 Å². The highest BCUT2D eigenvalue weighted by Crippen LogP contribution is 2.25. The first-order valence-corrected chi connectivity index (χ1v) is 5.03. The van der Waals surface area contributed by atoms with Crippen molar-refractivity contribution in [3.63, 3.8) is 0 Å². The van der Waals surface area contributed by atoms with E-state index in [1.807, 2.05) is 0 Å². The van der Waals surface area contributed by atoms with Crippen LogP contribution in [0.4, 0.5) is 5.00 Å². The lowest BCUT2D eigenvalue weighted by Crippen LogP contribution is -2.24. The maximum absolute atomic E-state index is 11.4. The van der Waals surface area contributed by atoms with Gasteiger partial charge in [0, 0.05) is 12.1 Å². The Morgan fingerprint density at radius 1 is 1.57 bits per heavy atom. The van der Waals surface area contributed by atoms with Crippen molar-refractivity contribution >= 4 is 22.2 Å². The highest BCUT2D eigenvalue weighted by Gasteiger charge is 2.25. The Morgan fingerprint density at radius 3 is 2.79 bits per heavy atom. The summed E-state index contributed by atoms with van der Waals surface area (Å²) in [6, 6.07) is 3.12. The zero-order chi connectivity index (χ0) is 10.1. The van der Waals surface area contributed by atoms with E-state index in [9.17, 15) is 14.9 Å². The fourth-order valence-electron chi connectivity index (χ4n) is 1.03. The second-order valence-electron chi connectivity index (χ2n) is 3.14. The molecule has 0 bridgehead atoms. The summed E-state index contributed by atoms with van der Waals surface area (Å²) in [5.41, 5.74) is 0. The second kappa shape index (κ2) is 3.38. The lowest BCUT2D eigenvalue weighted by Gasteiger charge is -1.97. The SMILES string of the molecule is O=C(NC1CC1)c1ccc([N+](=O)[O-])s1. The minimum Gasteiger partial charge on any atom is -0.349 e. The Kier molecular flexibility index (Phi) is 2.20. The lowest BCUT2D eigenvalue weighted by molar-refractivity contribution is -0.380. The number of carbonyl (C=O) groups is 1. The highest BCUT2D eigenvalue weighted by atomic mass is 32.1. The predicted octanol–water partition coefficient (Wildman–Crippen LogP) is 1.55. The van der Waals surface area contributed by atoms with Crippen molar-refractivity contribution in [2.24, 2.45) is 0 Å². The van der Waals surface area contributed by atoms with Gasteiger partial charge in [0.25, 0.3) is 5.91 Å². The van der Waals surface area contributed by atoms with Gasteiger partial charge in [-0.05, 0) is 18.9 Å². The summed E-state index contributed by atoms with van der Waals surface area (Å²) >= 11 is 0.908. The molecule has 1 aliphatic carbocycles. The van der Waals surface area contributed by atoms with Gasteiger partial charge >= 0.3 is 5.00 Å². The van der Waals surface area contributed by atoms with Crippen molar-refractivity contribution in [2.45, 2.75) is 18.9 Å².